The molecule has 0 saturated heterocycles. The van der Waals surface area contributed by atoms with Crippen LogP contribution in [0, 0.1) is 5.92 Å². The molecule has 0 amide bonds. The fraction of sp³-hybridized carbons (Fsp3) is 0.857. The summed E-state index contributed by atoms with van der Waals surface area (Å²) in [6.07, 6.45) is 0.965. The molecule has 1 N–H and O–H groups in total. The SMILES string of the molecule is CC1=NO[C@@H]([C@H](C)CO)C1. The van der Waals surface area contributed by atoms with Crippen LogP contribution < -0.4 is 0 Å². The molecule has 3 heteroatoms. The van der Waals surface area contributed by atoms with Gasteiger partial charge in [-0.25, -0.2) is 0 Å². The fourth-order valence-corrected chi connectivity index (χ4v) is 0.946. The number of hydrogen-bond donors (Lipinski definition) is 1. The van der Waals surface area contributed by atoms with Crippen LogP contribution in [0.2, 0.25) is 0 Å². The van der Waals surface area contributed by atoms with Gasteiger partial charge in [-0.1, -0.05) is 12.1 Å². The van der Waals surface area contributed by atoms with Gasteiger partial charge in [0.05, 0.1) is 5.71 Å². The van der Waals surface area contributed by atoms with Crippen molar-refractivity contribution in [1.82, 2.24) is 0 Å². The Kier molecular flexibility index (Phi) is 2.27. The summed E-state index contributed by atoms with van der Waals surface area (Å²) in [5.74, 6) is 0.196. The number of nitrogens with zero attached hydrogens (tertiary/aromatic N) is 1. The maximum absolute atomic E-state index is 8.75. The lowest BCUT2D eigenvalue weighted by atomic mass is 10.0. The fourth-order valence-electron chi connectivity index (χ4n) is 0.946. The van der Waals surface area contributed by atoms with Gasteiger partial charge in [-0.3, -0.25) is 0 Å². The average molecular weight is 143 g/mol. The molecule has 0 radical (unpaired) electrons. The monoisotopic (exact) mass is 143 g/mol. The molecule has 58 valence electrons. The first-order valence-electron chi connectivity index (χ1n) is 3.54. The molecule has 0 saturated carbocycles. The Balaban J connectivity index is 2.34. The van der Waals surface area contributed by atoms with E-state index in [1.165, 1.54) is 0 Å². The summed E-state index contributed by atoms with van der Waals surface area (Å²) in [6.45, 7) is 4.07. The topological polar surface area (TPSA) is 41.8 Å². The van der Waals surface area contributed by atoms with Crippen molar-refractivity contribution in [2.45, 2.75) is 26.4 Å². The minimum absolute atomic E-state index is 0.102. The smallest absolute Gasteiger partial charge is 0.137 e. The lowest BCUT2D eigenvalue weighted by Gasteiger charge is -2.13. The van der Waals surface area contributed by atoms with Crippen molar-refractivity contribution in [2.75, 3.05) is 6.61 Å². The normalized spacial score (nSPS) is 27.5. The zero-order chi connectivity index (χ0) is 7.56. The molecule has 0 aromatic rings. The summed E-state index contributed by atoms with van der Waals surface area (Å²) < 4.78 is 0. The standard InChI is InChI=1S/C7H13NO2/c1-5(4-9)7-3-6(2)8-10-7/h5,7,9H,3-4H2,1-2H3/t5-,7-/m1/s1. The van der Waals surface area contributed by atoms with Gasteiger partial charge in [0.1, 0.15) is 6.10 Å². The van der Waals surface area contributed by atoms with E-state index in [9.17, 15) is 0 Å². The van der Waals surface area contributed by atoms with Crippen molar-refractivity contribution in [3.63, 3.8) is 0 Å². The third kappa shape index (κ3) is 1.48. The molecular formula is C7H13NO2. The third-order valence-electron chi connectivity index (χ3n) is 1.76. The molecule has 0 aromatic heterocycles. The number of aliphatic hydroxyl groups is 1. The Labute approximate surface area is 60.7 Å². The summed E-state index contributed by atoms with van der Waals surface area (Å²) in [6, 6.07) is 0. The number of oxime groups is 1. The van der Waals surface area contributed by atoms with Crippen LogP contribution in [0.15, 0.2) is 5.16 Å². The minimum atomic E-state index is 0.102. The highest BCUT2D eigenvalue weighted by Crippen LogP contribution is 2.17. The number of aliphatic hydroxyl groups excluding tert-OH is 1. The third-order valence-corrected chi connectivity index (χ3v) is 1.76. The van der Waals surface area contributed by atoms with Crippen molar-refractivity contribution in [1.29, 1.82) is 0 Å². The van der Waals surface area contributed by atoms with Gasteiger partial charge >= 0.3 is 0 Å². The molecule has 1 heterocycles. The second-order valence-corrected chi connectivity index (χ2v) is 2.83. The number of rotatable bonds is 2. The van der Waals surface area contributed by atoms with E-state index in [-0.39, 0.29) is 18.6 Å². The van der Waals surface area contributed by atoms with Gasteiger partial charge in [0.2, 0.25) is 0 Å². The Morgan fingerprint density at radius 1 is 1.90 bits per heavy atom. The van der Waals surface area contributed by atoms with E-state index in [0.717, 1.165) is 12.1 Å². The van der Waals surface area contributed by atoms with E-state index in [1.54, 1.807) is 0 Å². The minimum Gasteiger partial charge on any atom is -0.396 e. The van der Waals surface area contributed by atoms with Crippen LogP contribution in [0.5, 0.6) is 0 Å². The van der Waals surface area contributed by atoms with Gasteiger partial charge in [-0.15, -0.1) is 0 Å². The number of hydrogen-bond acceptors (Lipinski definition) is 3. The Bertz CT molecular complexity index is 145. The van der Waals surface area contributed by atoms with Gasteiger partial charge in [-0.2, -0.15) is 0 Å². The van der Waals surface area contributed by atoms with Crippen LogP contribution in [0.1, 0.15) is 20.3 Å². The van der Waals surface area contributed by atoms with Crippen molar-refractivity contribution in [2.24, 2.45) is 11.1 Å². The van der Waals surface area contributed by atoms with E-state index < -0.39 is 0 Å². The van der Waals surface area contributed by atoms with E-state index >= 15 is 0 Å². The molecule has 0 spiro atoms. The first-order chi connectivity index (χ1) is 4.74. The maximum atomic E-state index is 8.75. The van der Waals surface area contributed by atoms with Crippen LogP contribution in [-0.2, 0) is 4.84 Å². The molecular weight excluding hydrogens is 130 g/mol. The first kappa shape index (κ1) is 7.54. The molecule has 0 unspecified atom stereocenters. The summed E-state index contributed by atoms with van der Waals surface area (Å²) in [4.78, 5) is 5.05. The van der Waals surface area contributed by atoms with E-state index in [1.807, 2.05) is 13.8 Å². The molecule has 0 aliphatic carbocycles. The molecule has 0 bridgehead atoms. The van der Waals surface area contributed by atoms with Crippen molar-refractivity contribution >= 4 is 5.71 Å². The second-order valence-electron chi connectivity index (χ2n) is 2.83. The van der Waals surface area contributed by atoms with Crippen LogP contribution in [0.4, 0.5) is 0 Å². The maximum Gasteiger partial charge on any atom is 0.137 e. The molecule has 0 fully saturated rings. The van der Waals surface area contributed by atoms with E-state index in [0.29, 0.717) is 0 Å². The molecule has 1 aliphatic heterocycles. The quantitative estimate of drug-likeness (QED) is 0.620. The molecule has 10 heavy (non-hydrogen) atoms. The Hall–Kier alpha value is -0.570. The van der Waals surface area contributed by atoms with Crippen molar-refractivity contribution in [3.05, 3.63) is 0 Å². The van der Waals surface area contributed by atoms with Gasteiger partial charge in [0, 0.05) is 18.9 Å². The summed E-state index contributed by atoms with van der Waals surface area (Å²) in [5.41, 5.74) is 1.02. The van der Waals surface area contributed by atoms with Gasteiger partial charge < -0.3 is 9.94 Å². The molecule has 0 aromatic carbocycles. The zero-order valence-corrected chi connectivity index (χ0v) is 6.37. The molecule has 1 aliphatic rings. The second kappa shape index (κ2) is 3.01. The average Bonchev–Trinajstić information content (AvgIpc) is 2.34. The summed E-state index contributed by atoms with van der Waals surface area (Å²) in [5, 5.41) is 12.5. The Morgan fingerprint density at radius 3 is 3.00 bits per heavy atom. The van der Waals surface area contributed by atoms with Crippen molar-refractivity contribution in [3.8, 4) is 0 Å². The van der Waals surface area contributed by atoms with Crippen molar-refractivity contribution < 1.29 is 9.94 Å². The van der Waals surface area contributed by atoms with Crippen LogP contribution in [0.25, 0.3) is 0 Å². The lowest BCUT2D eigenvalue weighted by Crippen LogP contribution is -2.20. The predicted octanol–water partition coefficient (Wildman–Crippen LogP) is 0.780. The largest absolute Gasteiger partial charge is 0.396 e. The zero-order valence-electron chi connectivity index (χ0n) is 6.37. The molecule has 3 nitrogen and oxygen atoms in total. The summed E-state index contributed by atoms with van der Waals surface area (Å²) >= 11 is 0. The van der Waals surface area contributed by atoms with Crippen LogP contribution >= 0.6 is 0 Å². The van der Waals surface area contributed by atoms with E-state index in [2.05, 4.69) is 5.16 Å². The van der Waals surface area contributed by atoms with Gasteiger partial charge in [0.25, 0.3) is 0 Å². The lowest BCUT2D eigenvalue weighted by molar-refractivity contribution is 0.0250. The highest BCUT2D eigenvalue weighted by molar-refractivity contribution is 5.82. The first-order valence-corrected chi connectivity index (χ1v) is 3.54. The summed E-state index contributed by atoms with van der Waals surface area (Å²) in [7, 11) is 0. The van der Waals surface area contributed by atoms with Gasteiger partial charge in [-0.05, 0) is 6.92 Å². The molecule has 2 atom stereocenters. The van der Waals surface area contributed by atoms with Crippen LogP contribution in [0.3, 0.4) is 0 Å². The van der Waals surface area contributed by atoms with Gasteiger partial charge in [0.15, 0.2) is 0 Å². The Morgan fingerprint density at radius 2 is 2.60 bits per heavy atom. The molecule has 1 rings (SSSR count). The predicted molar refractivity (Wildman–Crippen MR) is 38.8 cm³/mol. The van der Waals surface area contributed by atoms with E-state index in [4.69, 9.17) is 9.94 Å². The van der Waals surface area contributed by atoms with Crippen LogP contribution in [-0.4, -0.2) is 23.5 Å². The highest BCUT2D eigenvalue weighted by Gasteiger charge is 2.23. The highest BCUT2D eigenvalue weighted by atomic mass is 16.6.